The zero-order valence-electron chi connectivity index (χ0n) is 16.2. The highest BCUT2D eigenvalue weighted by Crippen LogP contribution is 2.48. The summed E-state index contributed by atoms with van der Waals surface area (Å²) in [6, 6.07) is 7.01. The summed E-state index contributed by atoms with van der Waals surface area (Å²) in [5.41, 5.74) is 0.658. The second kappa shape index (κ2) is 9.20. The number of hydrogen-bond acceptors (Lipinski definition) is 2. The number of benzene rings is 1. The van der Waals surface area contributed by atoms with Gasteiger partial charge in [-0.2, -0.15) is 0 Å². The smallest absolute Gasteiger partial charge is 0.220 e. The lowest BCUT2D eigenvalue weighted by Crippen LogP contribution is -2.44. The van der Waals surface area contributed by atoms with Gasteiger partial charge in [0.1, 0.15) is 5.82 Å². The molecule has 0 heterocycles. The second-order valence-corrected chi connectivity index (χ2v) is 7.82. The Hall–Kier alpha value is -2.11. The van der Waals surface area contributed by atoms with Crippen LogP contribution in [-0.4, -0.2) is 38.5 Å². The van der Waals surface area contributed by atoms with Gasteiger partial charge >= 0.3 is 0 Å². The molecular formula is C21H31FN4O. The predicted molar refractivity (Wildman–Crippen MR) is 106 cm³/mol. The van der Waals surface area contributed by atoms with E-state index in [0.29, 0.717) is 37.9 Å². The minimum Gasteiger partial charge on any atom is -0.356 e. The SMILES string of the molecule is CN=C(NCCNC(=O)CC1CCCC1)NCC1(c2ccccc2F)CC1. The molecule has 0 unspecified atom stereocenters. The number of nitrogens with one attached hydrogen (secondary N) is 3. The normalized spacial score (nSPS) is 19.0. The van der Waals surface area contributed by atoms with Crippen LogP contribution in [0.3, 0.4) is 0 Å². The molecule has 1 amide bonds. The topological polar surface area (TPSA) is 65.5 Å². The Morgan fingerprint density at radius 2 is 1.85 bits per heavy atom. The fourth-order valence-electron chi connectivity index (χ4n) is 3.99. The fraction of sp³-hybridized carbons (Fsp3) is 0.619. The molecule has 2 aliphatic rings. The van der Waals surface area contributed by atoms with Gasteiger partial charge in [-0.3, -0.25) is 9.79 Å². The Morgan fingerprint density at radius 1 is 1.15 bits per heavy atom. The third-order valence-electron chi connectivity index (χ3n) is 5.81. The molecule has 0 aromatic heterocycles. The summed E-state index contributed by atoms with van der Waals surface area (Å²) in [6.45, 7) is 1.84. The van der Waals surface area contributed by atoms with E-state index < -0.39 is 0 Å². The summed E-state index contributed by atoms with van der Waals surface area (Å²) in [7, 11) is 1.72. The van der Waals surface area contributed by atoms with Gasteiger partial charge in [-0.25, -0.2) is 4.39 Å². The molecule has 6 heteroatoms. The van der Waals surface area contributed by atoms with Crippen molar-refractivity contribution in [1.82, 2.24) is 16.0 Å². The first-order chi connectivity index (χ1) is 13.1. The van der Waals surface area contributed by atoms with Crippen LogP contribution in [0.25, 0.3) is 0 Å². The first kappa shape index (κ1) is 19.6. The fourth-order valence-corrected chi connectivity index (χ4v) is 3.99. The number of nitrogens with zero attached hydrogens (tertiary/aromatic N) is 1. The van der Waals surface area contributed by atoms with E-state index in [0.717, 1.165) is 18.4 Å². The monoisotopic (exact) mass is 374 g/mol. The van der Waals surface area contributed by atoms with Crippen LogP contribution < -0.4 is 16.0 Å². The largest absolute Gasteiger partial charge is 0.356 e. The van der Waals surface area contributed by atoms with Crippen molar-refractivity contribution >= 4 is 11.9 Å². The molecule has 0 bridgehead atoms. The maximum Gasteiger partial charge on any atom is 0.220 e. The molecule has 5 nitrogen and oxygen atoms in total. The van der Waals surface area contributed by atoms with Gasteiger partial charge in [-0.1, -0.05) is 31.0 Å². The molecule has 3 rings (SSSR count). The molecule has 148 valence electrons. The first-order valence-corrected chi connectivity index (χ1v) is 10.1. The van der Waals surface area contributed by atoms with Crippen molar-refractivity contribution < 1.29 is 9.18 Å². The quantitative estimate of drug-likeness (QED) is 0.372. The van der Waals surface area contributed by atoms with Gasteiger partial charge in [0.2, 0.25) is 5.91 Å². The van der Waals surface area contributed by atoms with E-state index in [1.54, 1.807) is 13.1 Å². The molecule has 1 aromatic carbocycles. The Balaban J connectivity index is 1.36. The van der Waals surface area contributed by atoms with Crippen LogP contribution in [0.4, 0.5) is 4.39 Å². The molecule has 1 aromatic rings. The van der Waals surface area contributed by atoms with Crippen molar-refractivity contribution in [3.63, 3.8) is 0 Å². The molecule has 0 atom stereocenters. The van der Waals surface area contributed by atoms with Gasteiger partial charge in [0.05, 0.1) is 0 Å². The summed E-state index contributed by atoms with van der Waals surface area (Å²) >= 11 is 0. The van der Waals surface area contributed by atoms with E-state index in [9.17, 15) is 9.18 Å². The molecule has 0 radical (unpaired) electrons. The minimum atomic E-state index is -0.135. The number of aliphatic imine (C=N–C) groups is 1. The third kappa shape index (κ3) is 5.44. The number of carbonyl (C=O) groups excluding carboxylic acids is 1. The Bertz CT molecular complexity index is 666. The highest BCUT2D eigenvalue weighted by Gasteiger charge is 2.45. The first-order valence-electron chi connectivity index (χ1n) is 10.1. The molecule has 2 aliphatic carbocycles. The molecule has 0 saturated heterocycles. The summed E-state index contributed by atoms with van der Waals surface area (Å²) in [6.07, 6.45) is 7.51. The van der Waals surface area contributed by atoms with Gasteiger partial charge in [-0.05, 0) is 43.2 Å². The van der Waals surface area contributed by atoms with E-state index in [2.05, 4.69) is 20.9 Å². The molecule has 3 N–H and O–H groups in total. The molecule has 0 spiro atoms. The van der Waals surface area contributed by atoms with Crippen molar-refractivity contribution in [3.8, 4) is 0 Å². The van der Waals surface area contributed by atoms with Crippen molar-refractivity contribution in [2.24, 2.45) is 10.9 Å². The van der Waals surface area contributed by atoms with Crippen LogP contribution in [0.2, 0.25) is 0 Å². The molecule has 2 fully saturated rings. The average molecular weight is 375 g/mol. The van der Waals surface area contributed by atoms with E-state index in [1.165, 1.54) is 31.7 Å². The average Bonchev–Trinajstić information content (AvgIpc) is 3.28. The van der Waals surface area contributed by atoms with Crippen LogP contribution >= 0.6 is 0 Å². The van der Waals surface area contributed by atoms with Crippen LogP contribution in [-0.2, 0) is 10.2 Å². The molecule has 0 aliphatic heterocycles. The maximum absolute atomic E-state index is 14.1. The van der Waals surface area contributed by atoms with E-state index in [4.69, 9.17) is 0 Å². The summed E-state index contributed by atoms with van der Waals surface area (Å²) in [5, 5.41) is 9.49. The third-order valence-corrected chi connectivity index (χ3v) is 5.81. The predicted octanol–water partition coefficient (Wildman–Crippen LogP) is 2.72. The van der Waals surface area contributed by atoms with Crippen LogP contribution in [0.5, 0.6) is 0 Å². The number of halogens is 1. The van der Waals surface area contributed by atoms with Crippen LogP contribution in [0.1, 0.15) is 50.5 Å². The highest BCUT2D eigenvalue weighted by atomic mass is 19.1. The Labute approximate surface area is 161 Å². The van der Waals surface area contributed by atoms with Crippen molar-refractivity contribution in [3.05, 3.63) is 35.6 Å². The van der Waals surface area contributed by atoms with Crippen molar-refractivity contribution in [2.75, 3.05) is 26.7 Å². The number of amides is 1. The van der Waals surface area contributed by atoms with Gasteiger partial charge in [-0.15, -0.1) is 0 Å². The zero-order valence-corrected chi connectivity index (χ0v) is 16.2. The van der Waals surface area contributed by atoms with E-state index in [1.807, 2.05) is 12.1 Å². The number of guanidine groups is 1. The lowest BCUT2D eigenvalue weighted by atomic mass is 9.95. The van der Waals surface area contributed by atoms with Crippen molar-refractivity contribution in [2.45, 2.75) is 50.4 Å². The summed E-state index contributed by atoms with van der Waals surface area (Å²) in [4.78, 5) is 16.2. The van der Waals surface area contributed by atoms with Gasteiger partial charge in [0, 0.05) is 38.5 Å². The van der Waals surface area contributed by atoms with Gasteiger partial charge in [0.15, 0.2) is 5.96 Å². The van der Waals surface area contributed by atoms with Crippen LogP contribution in [0, 0.1) is 11.7 Å². The van der Waals surface area contributed by atoms with E-state index in [-0.39, 0.29) is 17.1 Å². The number of rotatable bonds is 8. The summed E-state index contributed by atoms with van der Waals surface area (Å²) in [5.74, 6) is 1.26. The van der Waals surface area contributed by atoms with Crippen molar-refractivity contribution in [1.29, 1.82) is 0 Å². The molecule has 2 saturated carbocycles. The highest BCUT2D eigenvalue weighted by molar-refractivity contribution is 5.80. The number of carbonyl (C=O) groups is 1. The lowest BCUT2D eigenvalue weighted by molar-refractivity contribution is -0.121. The Kier molecular flexibility index (Phi) is 6.69. The van der Waals surface area contributed by atoms with Crippen LogP contribution in [0.15, 0.2) is 29.3 Å². The van der Waals surface area contributed by atoms with Gasteiger partial charge in [0.25, 0.3) is 0 Å². The molecular weight excluding hydrogens is 343 g/mol. The number of hydrogen-bond donors (Lipinski definition) is 3. The minimum absolute atomic E-state index is 0.127. The van der Waals surface area contributed by atoms with Gasteiger partial charge < -0.3 is 16.0 Å². The Morgan fingerprint density at radius 3 is 2.52 bits per heavy atom. The molecule has 27 heavy (non-hydrogen) atoms. The lowest BCUT2D eigenvalue weighted by Gasteiger charge is -2.19. The van der Waals surface area contributed by atoms with E-state index >= 15 is 0 Å². The zero-order chi connectivity index (χ0) is 19.1. The maximum atomic E-state index is 14.1. The second-order valence-electron chi connectivity index (χ2n) is 7.82. The summed E-state index contributed by atoms with van der Waals surface area (Å²) < 4.78 is 14.1. The standard InChI is InChI=1S/C21H31FN4O/c1-23-20(25-13-12-24-19(27)14-16-6-2-3-7-16)26-15-21(10-11-21)17-8-4-5-9-18(17)22/h4-5,8-9,16H,2-3,6-7,10-15H2,1H3,(H,24,27)(H2,23,25,26).